The minimum Gasteiger partial charge on any atom is -0.391 e. The zero-order chi connectivity index (χ0) is 13.4. The van der Waals surface area contributed by atoms with E-state index in [4.69, 9.17) is 0 Å². The van der Waals surface area contributed by atoms with Crippen molar-refractivity contribution in [1.82, 2.24) is 9.97 Å². The van der Waals surface area contributed by atoms with Gasteiger partial charge in [0.1, 0.15) is 16.5 Å². The summed E-state index contributed by atoms with van der Waals surface area (Å²) in [7, 11) is 0. The maximum Gasteiger partial charge on any atom is 0.139 e. The van der Waals surface area contributed by atoms with Crippen LogP contribution in [0.3, 0.4) is 0 Å². The third-order valence-corrected chi connectivity index (χ3v) is 4.77. The normalized spacial score (nSPS) is 23.7. The largest absolute Gasteiger partial charge is 0.391 e. The summed E-state index contributed by atoms with van der Waals surface area (Å²) in [5, 5.41) is 16.8. The molecule has 19 heavy (non-hydrogen) atoms. The van der Waals surface area contributed by atoms with Crippen molar-refractivity contribution in [3.63, 3.8) is 0 Å². The van der Waals surface area contributed by atoms with E-state index in [0.29, 0.717) is 0 Å². The second kappa shape index (κ2) is 5.06. The number of nitrogens with zero attached hydrogens (tertiary/aromatic N) is 2. The zero-order valence-electron chi connectivity index (χ0n) is 11.3. The van der Waals surface area contributed by atoms with Crippen LogP contribution in [0.1, 0.15) is 37.1 Å². The molecule has 1 fully saturated rings. The Hall–Kier alpha value is -1.20. The lowest BCUT2D eigenvalue weighted by molar-refractivity contribution is 0.116. The van der Waals surface area contributed by atoms with E-state index in [1.54, 1.807) is 11.3 Å². The third-order valence-electron chi connectivity index (χ3n) is 3.78. The summed E-state index contributed by atoms with van der Waals surface area (Å²) >= 11 is 1.65. The number of aryl methyl sites for hydroxylation is 2. The maximum atomic E-state index is 10.1. The van der Waals surface area contributed by atoms with Crippen LogP contribution in [0.2, 0.25) is 0 Å². The van der Waals surface area contributed by atoms with Gasteiger partial charge in [-0.25, -0.2) is 9.97 Å². The van der Waals surface area contributed by atoms with E-state index in [2.05, 4.69) is 27.6 Å². The van der Waals surface area contributed by atoms with Crippen molar-refractivity contribution in [1.29, 1.82) is 0 Å². The van der Waals surface area contributed by atoms with Gasteiger partial charge < -0.3 is 10.4 Å². The molecule has 0 spiro atoms. The first kappa shape index (κ1) is 12.8. The Labute approximate surface area is 116 Å². The summed E-state index contributed by atoms with van der Waals surface area (Å²) in [6.45, 7) is 4.00. The molecule has 2 aromatic heterocycles. The van der Waals surface area contributed by atoms with Crippen LogP contribution in [0.4, 0.5) is 5.82 Å². The van der Waals surface area contributed by atoms with Crippen molar-refractivity contribution < 1.29 is 5.11 Å². The number of hydrogen-bond acceptors (Lipinski definition) is 5. The van der Waals surface area contributed by atoms with Crippen molar-refractivity contribution in [2.75, 3.05) is 5.32 Å². The summed E-state index contributed by atoms with van der Waals surface area (Å²) in [5.41, 5.74) is 1.20. The number of nitrogens with one attached hydrogen (secondary N) is 1. The Bertz CT molecular complexity index is 596. The van der Waals surface area contributed by atoms with Crippen LogP contribution in [-0.2, 0) is 0 Å². The van der Waals surface area contributed by atoms with E-state index in [1.165, 1.54) is 12.0 Å². The Balaban J connectivity index is 1.97. The standard InChI is InChI=1S/C14H19N3OS/c1-8-7-19-14-12(8)13(15-9(2)16-14)17-10-5-3-4-6-11(10)18/h7,10-11,18H,3-6H2,1-2H3,(H,15,16,17)/t10-,11-/m0/s1. The summed E-state index contributed by atoms with van der Waals surface area (Å²) in [4.78, 5) is 10.0. The van der Waals surface area contributed by atoms with Gasteiger partial charge in [0.2, 0.25) is 0 Å². The van der Waals surface area contributed by atoms with Crippen LogP contribution >= 0.6 is 11.3 Å². The minimum absolute atomic E-state index is 0.116. The summed E-state index contributed by atoms with van der Waals surface area (Å²) in [6, 6.07) is 0.116. The fraction of sp³-hybridized carbons (Fsp3) is 0.571. The van der Waals surface area contributed by atoms with E-state index in [0.717, 1.165) is 41.1 Å². The van der Waals surface area contributed by atoms with Gasteiger partial charge in [0, 0.05) is 0 Å². The summed E-state index contributed by atoms with van der Waals surface area (Å²) in [5.74, 6) is 1.66. The highest BCUT2D eigenvalue weighted by atomic mass is 32.1. The molecule has 0 amide bonds. The van der Waals surface area contributed by atoms with Gasteiger partial charge in [-0.2, -0.15) is 0 Å². The number of fused-ring (bicyclic) bond motifs is 1. The van der Waals surface area contributed by atoms with Crippen LogP contribution in [-0.4, -0.2) is 27.2 Å². The SMILES string of the molecule is Cc1nc(N[C@H]2CCCC[C@@H]2O)c2c(C)csc2n1. The molecule has 3 rings (SSSR count). The first-order chi connectivity index (χ1) is 9.15. The molecule has 2 atom stereocenters. The van der Waals surface area contributed by atoms with Gasteiger partial charge in [0.15, 0.2) is 0 Å². The Morgan fingerprint density at radius 3 is 2.84 bits per heavy atom. The molecular weight excluding hydrogens is 258 g/mol. The molecule has 2 N–H and O–H groups in total. The Kier molecular flexibility index (Phi) is 3.41. The average molecular weight is 277 g/mol. The van der Waals surface area contributed by atoms with Crippen LogP contribution in [0.25, 0.3) is 10.2 Å². The predicted octanol–water partition coefficient (Wildman–Crippen LogP) is 3.02. The van der Waals surface area contributed by atoms with Crippen molar-refractivity contribution in [3.8, 4) is 0 Å². The summed E-state index contributed by atoms with van der Waals surface area (Å²) < 4.78 is 0. The molecule has 1 aliphatic rings. The molecule has 0 aromatic carbocycles. The topological polar surface area (TPSA) is 58.0 Å². The van der Waals surface area contributed by atoms with Crippen LogP contribution in [0.15, 0.2) is 5.38 Å². The van der Waals surface area contributed by atoms with E-state index in [1.807, 2.05) is 6.92 Å². The lowest BCUT2D eigenvalue weighted by Gasteiger charge is -2.29. The quantitative estimate of drug-likeness (QED) is 0.886. The number of rotatable bonds is 2. The van der Waals surface area contributed by atoms with Gasteiger partial charge in [-0.05, 0) is 37.6 Å². The van der Waals surface area contributed by atoms with Crippen LogP contribution < -0.4 is 5.32 Å². The van der Waals surface area contributed by atoms with E-state index in [-0.39, 0.29) is 12.1 Å². The number of aliphatic hydroxyl groups excluding tert-OH is 1. The number of anilines is 1. The summed E-state index contributed by atoms with van der Waals surface area (Å²) in [6.07, 6.45) is 3.92. The molecule has 102 valence electrons. The molecule has 1 saturated carbocycles. The second-order valence-electron chi connectivity index (χ2n) is 5.32. The molecule has 0 unspecified atom stereocenters. The molecule has 0 saturated heterocycles. The fourth-order valence-corrected chi connectivity index (χ4v) is 3.72. The molecule has 0 aliphatic heterocycles. The average Bonchev–Trinajstić information content (AvgIpc) is 2.74. The van der Waals surface area contributed by atoms with Crippen LogP contribution in [0.5, 0.6) is 0 Å². The molecule has 4 nitrogen and oxygen atoms in total. The number of hydrogen-bond donors (Lipinski definition) is 2. The van der Waals surface area contributed by atoms with Crippen LogP contribution in [0, 0.1) is 13.8 Å². The predicted molar refractivity (Wildman–Crippen MR) is 78.8 cm³/mol. The molecule has 0 bridgehead atoms. The lowest BCUT2D eigenvalue weighted by atomic mass is 9.92. The monoisotopic (exact) mass is 277 g/mol. The third kappa shape index (κ3) is 2.44. The highest BCUT2D eigenvalue weighted by molar-refractivity contribution is 7.17. The smallest absolute Gasteiger partial charge is 0.139 e. The van der Waals surface area contributed by atoms with E-state index >= 15 is 0 Å². The zero-order valence-corrected chi connectivity index (χ0v) is 12.1. The first-order valence-electron chi connectivity index (χ1n) is 6.82. The van der Waals surface area contributed by atoms with E-state index in [9.17, 15) is 5.11 Å². The first-order valence-corrected chi connectivity index (χ1v) is 7.70. The lowest BCUT2D eigenvalue weighted by Crippen LogP contribution is -2.36. The molecule has 0 radical (unpaired) electrons. The second-order valence-corrected chi connectivity index (χ2v) is 6.18. The Morgan fingerprint density at radius 1 is 1.26 bits per heavy atom. The highest BCUT2D eigenvalue weighted by Crippen LogP contribution is 2.31. The highest BCUT2D eigenvalue weighted by Gasteiger charge is 2.24. The van der Waals surface area contributed by atoms with Gasteiger partial charge in [-0.15, -0.1) is 11.3 Å². The number of thiophene rings is 1. The molecule has 1 aliphatic carbocycles. The van der Waals surface area contributed by atoms with Crippen molar-refractivity contribution >= 4 is 27.4 Å². The van der Waals surface area contributed by atoms with Gasteiger partial charge in [-0.3, -0.25) is 0 Å². The number of aliphatic hydroxyl groups is 1. The van der Waals surface area contributed by atoms with Crippen molar-refractivity contribution in [3.05, 3.63) is 16.8 Å². The van der Waals surface area contributed by atoms with Crippen molar-refractivity contribution in [2.24, 2.45) is 0 Å². The fourth-order valence-electron chi connectivity index (χ4n) is 2.75. The van der Waals surface area contributed by atoms with Gasteiger partial charge in [0.05, 0.1) is 17.5 Å². The van der Waals surface area contributed by atoms with Gasteiger partial charge in [-0.1, -0.05) is 12.8 Å². The van der Waals surface area contributed by atoms with E-state index < -0.39 is 0 Å². The van der Waals surface area contributed by atoms with Gasteiger partial charge in [0.25, 0.3) is 0 Å². The Morgan fingerprint density at radius 2 is 2.05 bits per heavy atom. The van der Waals surface area contributed by atoms with Gasteiger partial charge >= 0.3 is 0 Å². The minimum atomic E-state index is -0.266. The molecular formula is C14H19N3OS. The molecule has 2 heterocycles. The maximum absolute atomic E-state index is 10.1. The van der Waals surface area contributed by atoms with Crippen molar-refractivity contribution in [2.45, 2.75) is 51.7 Å². The number of aromatic nitrogens is 2. The molecule has 5 heteroatoms. The molecule has 2 aromatic rings.